The van der Waals surface area contributed by atoms with Gasteiger partial charge in [-0.15, -0.1) is 0 Å². The highest BCUT2D eigenvalue weighted by molar-refractivity contribution is 6.34. The number of hydrogen-bond acceptors (Lipinski definition) is 6. The number of hydrogen-bond donors (Lipinski definition) is 1. The Labute approximate surface area is 217 Å². The molecule has 1 fully saturated rings. The first-order chi connectivity index (χ1) is 17.5. The Kier molecular flexibility index (Phi) is 8.85. The molecule has 2 aromatic rings. The van der Waals surface area contributed by atoms with Gasteiger partial charge in [-0.1, -0.05) is 38.3 Å². The van der Waals surface area contributed by atoms with Gasteiger partial charge in [-0.2, -0.15) is 4.98 Å². The number of carbonyl (C=O) groups excluding carboxylic acids is 1. The highest BCUT2D eigenvalue weighted by atomic mass is 35.5. The van der Waals surface area contributed by atoms with Gasteiger partial charge in [0.05, 0.1) is 18.7 Å². The molecule has 0 spiro atoms. The zero-order valence-corrected chi connectivity index (χ0v) is 22.2. The van der Waals surface area contributed by atoms with Crippen LogP contribution in [-0.2, 0) is 6.54 Å². The third kappa shape index (κ3) is 5.52. The lowest BCUT2D eigenvalue weighted by molar-refractivity contribution is 0.247. The van der Waals surface area contributed by atoms with Crippen LogP contribution in [0.2, 0.25) is 5.02 Å². The largest absolute Gasteiger partial charge is 0.494 e. The van der Waals surface area contributed by atoms with Crippen LogP contribution < -0.4 is 19.9 Å². The van der Waals surface area contributed by atoms with Crippen molar-refractivity contribution in [1.82, 2.24) is 14.9 Å². The number of anilines is 3. The number of amides is 2. The van der Waals surface area contributed by atoms with Crippen LogP contribution in [0.1, 0.15) is 57.9 Å². The summed E-state index contributed by atoms with van der Waals surface area (Å²) >= 11 is 6.39. The van der Waals surface area contributed by atoms with E-state index >= 15 is 4.39 Å². The van der Waals surface area contributed by atoms with Crippen molar-refractivity contribution >= 4 is 35.1 Å². The summed E-state index contributed by atoms with van der Waals surface area (Å²) < 4.78 is 20.4. The van der Waals surface area contributed by atoms with Crippen molar-refractivity contribution in [3.05, 3.63) is 34.7 Å². The van der Waals surface area contributed by atoms with E-state index in [1.54, 1.807) is 17.2 Å². The van der Waals surface area contributed by atoms with Crippen LogP contribution in [-0.4, -0.2) is 60.2 Å². The molecule has 8 nitrogen and oxygen atoms in total. The summed E-state index contributed by atoms with van der Waals surface area (Å²) in [6, 6.07) is 2.68. The first kappa shape index (κ1) is 26.4. The summed E-state index contributed by atoms with van der Waals surface area (Å²) in [5, 5.41) is 3.47. The molecule has 196 valence electrons. The topological polar surface area (TPSA) is 73.8 Å². The zero-order chi connectivity index (χ0) is 25.7. The average Bonchev–Trinajstić information content (AvgIpc) is 3.41. The lowest BCUT2D eigenvalue weighted by Crippen LogP contribution is -2.52. The fraction of sp³-hybridized carbons (Fsp3) is 0.577. The number of ether oxygens (including phenoxy) is 1. The van der Waals surface area contributed by atoms with Crippen LogP contribution in [0.4, 0.5) is 26.6 Å². The number of aromatic nitrogens is 2. The van der Waals surface area contributed by atoms with E-state index in [0.29, 0.717) is 11.8 Å². The Bertz CT molecular complexity index is 1060. The summed E-state index contributed by atoms with van der Waals surface area (Å²) in [5.74, 6) is 0.490. The van der Waals surface area contributed by atoms with Gasteiger partial charge >= 0.3 is 6.03 Å². The average molecular weight is 519 g/mol. The number of nitrogens with zero attached hydrogens (tertiary/aromatic N) is 5. The number of unbranched alkanes of at least 4 members (excludes halogenated alkanes) is 1. The molecule has 2 amide bonds. The summed E-state index contributed by atoms with van der Waals surface area (Å²) in [5.41, 5.74) is 0.775. The molecule has 0 bridgehead atoms. The maximum atomic E-state index is 15.3. The van der Waals surface area contributed by atoms with E-state index in [4.69, 9.17) is 21.3 Å². The number of carbonyl (C=O) groups is 1. The van der Waals surface area contributed by atoms with E-state index in [0.717, 1.165) is 70.3 Å². The molecule has 0 atom stereocenters. The van der Waals surface area contributed by atoms with Gasteiger partial charge in [0.15, 0.2) is 11.6 Å². The summed E-state index contributed by atoms with van der Waals surface area (Å²) in [7, 11) is 1.39. The number of rotatable bonds is 11. The highest BCUT2D eigenvalue weighted by Crippen LogP contribution is 2.41. The van der Waals surface area contributed by atoms with Crippen molar-refractivity contribution < 1.29 is 13.9 Å². The summed E-state index contributed by atoms with van der Waals surface area (Å²) in [6.45, 7) is 8.44. The van der Waals surface area contributed by atoms with Gasteiger partial charge in [0.1, 0.15) is 11.5 Å². The molecule has 0 saturated heterocycles. The molecule has 1 N–H and O–H groups in total. The number of benzene rings is 1. The van der Waals surface area contributed by atoms with Crippen LogP contribution >= 0.6 is 11.6 Å². The minimum atomic E-state index is -0.655. The molecular formula is C26H36ClFN6O2. The van der Waals surface area contributed by atoms with Crippen molar-refractivity contribution in [3.8, 4) is 5.75 Å². The van der Waals surface area contributed by atoms with E-state index in [1.807, 2.05) is 0 Å². The predicted octanol–water partition coefficient (Wildman–Crippen LogP) is 5.70. The van der Waals surface area contributed by atoms with Gasteiger partial charge in [0, 0.05) is 24.3 Å². The third-order valence-corrected chi connectivity index (χ3v) is 7.43. The van der Waals surface area contributed by atoms with E-state index in [2.05, 4.69) is 29.0 Å². The number of fused-ring (bicyclic) bond motifs is 1. The van der Waals surface area contributed by atoms with E-state index < -0.39 is 5.82 Å². The molecule has 0 radical (unpaired) electrons. The number of nitrogens with one attached hydrogen (secondary N) is 1. The van der Waals surface area contributed by atoms with E-state index in [-0.39, 0.29) is 35.1 Å². The lowest BCUT2D eigenvalue weighted by atomic mass is 10.1. The monoisotopic (exact) mass is 518 g/mol. The molecule has 1 saturated carbocycles. The molecule has 4 rings (SSSR count). The first-order valence-electron chi connectivity index (χ1n) is 12.9. The summed E-state index contributed by atoms with van der Waals surface area (Å²) in [6.07, 6.45) is 7.67. The zero-order valence-electron chi connectivity index (χ0n) is 21.4. The van der Waals surface area contributed by atoms with Crippen LogP contribution in [0, 0.1) is 5.82 Å². The minimum Gasteiger partial charge on any atom is -0.494 e. The maximum Gasteiger partial charge on any atom is 0.330 e. The molecule has 1 aliphatic carbocycles. The van der Waals surface area contributed by atoms with Gasteiger partial charge < -0.3 is 15.0 Å². The standard InChI is InChI=1S/C26H36ClFN6O2/c1-4-32(5-2)15-9-8-14-29-25-30-16-18-17-33(23-20(27)12-13-21(36-3)22(23)28)26(35)34(24(18)31-25)19-10-6-7-11-19/h12-13,16,19H,4-11,14-15,17H2,1-3H3,(H,29,30,31). The Hall–Kier alpha value is -2.65. The third-order valence-electron chi connectivity index (χ3n) is 7.13. The van der Waals surface area contributed by atoms with Crippen molar-refractivity contribution in [3.63, 3.8) is 0 Å². The normalized spacial score (nSPS) is 16.1. The van der Waals surface area contributed by atoms with Gasteiger partial charge in [0.2, 0.25) is 5.95 Å². The Morgan fingerprint density at radius 3 is 2.67 bits per heavy atom. The van der Waals surface area contributed by atoms with Gasteiger partial charge in [-0.25, -0.2) is 14.2 Å². The number of methoxy groups -OCH3 is 1. The fourth-order valence-corrected chi connectivity index (χ4v) is 5.30. The van der Waals surface area contributed by atoms with Crippen LogP contribution in [0.25, 0.3) is 0 Å². The quantitative estimate of drug-likeness (QED) is 0.385. The Balaban J connectivity index is 1.57. The lowest BCUT2D eigenvalue weighted by Gasteiger charge is -2.39. The molecule has 2 heterocycles. The Morgan fingerprint density at radius 1 is 1.22 bits per heavy atom. The second kappa shape index (κ2) is 12.1. The molecule has 1 aromatic heterocycles. The van der Waals surface area contributed by atoms with Crippen molar-refractivity contribution in [2.45, 2.75) is 65.0 Å². The van der Waals surface area contributed by atoms with Crippen molar-refractivity contribution in [2.75, 3.05) is 48.4 Å². The highest BCUT2D eigenvalue weighted by Gasteiger charge is 2.40. The first-order valence-corrected chi connectivity index (χ1v) is 13.3. The summed E-state index contributed by atoms with van der Waals surface area (Å²) in [4.78, 5) is 28.6. The SMILES string of the molecule is CCN(CC)CCCCNc1ncc2c(n1)N(C1CCCC1)C(=O)N(c1c(Cl)ccc(OC)c1F)C2. The second-order valence-electron chi connectivity index (χ2n) is 9.29. The maximum absolute atomic E-state index is 15.3. The van der Waals surface area contributed by atoms with Crippen molar-refractivity contribution in [2.24, 2.45) is 0 Å². The van der Waals surface area contributed by atoms with E-state index in [1.165, 1.54) is 18.1 Å². The number of halogens is 2. The van der Waals surface area contributed by atoms with Crippen LogP contribution in [0.3, 0.4) is 0 Å². The fourth-order valence-electron chi connectivity index (χ4n) is 5.06. The van der Waals surface area contributed by atoms with Gasteiger partial charge in [-0.05, 0) is 57.5 Å². The minimum absolute atomic E-state index is 0.00307. The van der Waals surface area contributed by atoms with Gasteiger partial charge in [0.25, 0.3) is 0 Å². The molecular weight excluding hydrogens is 483 g/mol. The molecule has 10 heteroatoms. The van der Waals surface area contributed by atoms with Crippen LogP contribution in [0.5, 0.6) is 5.75 Å². The van der Waals surface area contributed by atoms with E-state index in [9.17, 15) is 4.79 Å². The second-order valence-corrected chi connectivity index (χ2v) is 9.70. The Morgan fingerprint density at radius 2 is 1.97 bits per heavy atom. The molecule has 1 aromatic carbocycles. The molecule has 1 aliphatic heterocycles. The molecule has 0 unspecified atom stereocenters. The smallest absolute Gasteiger partial charge is 0.330 e. The van der Waals surface area contributed by atoms with Crippen LogP contribution in [0.15, 0.2) is 18.3 Å². The number of urea groups is 1. The predicted molar refractivity (Wildman–Crippen MR) is 142 cm³/mol. The van der Waals surface area contributed by atoms with Gasteiger partial charge in [-0.3, -0.25) is 9.80 Å². The van der Waals surface area contributed by atoms with Crippen molar-refractivity contribution in [1.29, 1.82) is 0 Å². The molecule has 2 aliphatic rings. The molecule has 36 heavy (non-hydrogen) atoms.